The van der Waals surface area contributed by atoms with E-state index in [1.807, 2.05) is 0 Å². The molecule has 0 spiro atoms. The molecule has 0 aromatic carbocycles. The van der Waals surface area contributed by atoms with E-state index >= 15 is 0 Å². The molecule has 4 bridgehead atoms. The third-order valence-corrected chi connectivity index (χ3v) is 16.2. The zero-order chi connectivity index (χ0) is 33.0. The van der Waals surface area contributed by atoms with Crippen molar-refractivity contribution in [2.45, 2.75) is 153 Å². The predicted molar refractivity (Wildman–Crippen MR) is 198 cm³/mol. The second kappa shape index (κ2) is 14.8. The molecule has 0 aliphatic heterocycles. The van der Waals surface area contributed by atoms with Crippen molar-refractivity contribution in [2.75, 3.05) is 65.4 Å². The van der Waals surface area contributed by atoms with Gasteiger partial charge in [-0.15, -0.1) is 0 Å². The molecule has 0 radical (unpaired) electrons. The fraction of sp³-hybridized carbons (Fsp3) is 0.951. The van der Waals surface area contributed by atoms with Gasteiger partial charge in [-0.1, -0.05) is 60.8 Å². The maximum absolute atomic E-state index is 5.31. The van der Waals surface area contributed by atoms with Crippen LogP contribution in [0.1, 0.15) is 153 Å². The van der Waals surface area contributed by atoms with Gasteiger partial charge in [0.2, 0.25) is 0 Å². The standard InChI is InChI=1S/C41H78N4/c1-11-44(12-2,30-26-42-36-32-34-22-24-40(36,9)38(34,5)6)28-20-18-16-15-17-19-21-29-45(13-3,14-4)31-27-43-37-33-35-23-25-41(37,10)39(35,7)8/h34-35H,11-33H2,1-10H3/q+2/t34-,35-,40+,41+/m1/s1. The summed E-state index contributed by atoms with van der Waals surface area (Å²) in [7, 11) is 0. The Balaban J connectivity index is 1.10. The Labute approximate surface area is 281 Å². The number of nitrogens with zero attached hydrogens (tertiary/aromatic N) is 4. The van der Waals surface area contributed by atoms with Crippen LogP contribution in [0.2, 0.25) is 0 Å². The van der Waals surface area contributed by atoms with Crippen LogP contribution in [0.3, 0.4) is 0 Å². The second-order valence-corrected chi connectivity index (χ2v) is 18.0. The number of hydrogen-bond acceptors (Lipinski definition) is 2. The molecule has 4 nitrogen and oxygen atoms in total. The second-order valence-electron chi connectivity index (χ2n) is 18.0. The van der Waals surface area contributed by atoms with E-state index in [2.05, 4.69) is 69.2 Å². The molecule has 4 saturated carbocycles. The smallest absolute Gasteiger partial charge is 0.0985 e. The number of hydrogen-bond donors (Lipinski definition) is 0. The van der Waals surface area contributed by atoms with Crippen LogP contribution in [0.25, 0.3) is 0 Å². The molecule has 260 valence electrons. The van der Waals surface area contributed by atoms with Crippen LogP contribution in [0.5, 0.6) is 0 Å². The van der Waals surface area contributed by atoms with Crippen LogP contribution < -0.4 is 0 Å². The van der Waals surface area contributed by atoms with Gasteiger partial charge in [0.1, 0.15) is 0 Å². The third kappa shape index (κ3) is 7.18. The SMILES string of the molecule is CC[N+](CC)(CCCCCCCCC[N+](CC)(CC)CCN=C1C[C@H]2CC[C@]1(C)C2(C)C)CCN=C1C[C@H]2CC[C@]1(C)C2(C)C. The number of quaternary nitrogens is 2. The van der Waals surface area contributed by atoms with E-state index in [-0.39, 0.29) is 0 Å². The molecular weight excluding hydrogens is 548 g/mol. The third-order valence-electron chi connectivity index (χ3n) is 16.2. The first-order chi connectivity index (χ1) is 21.3. The Morgan fingerprint density at radius 2 is 0.844 bits per heavy atom. The van der Waals surface area contributed by atoms with Gasteiger partial charge in [-0.2, -0.15) is 0 Å². The molecule has 4 rings (SSSR count). The Bertz CT molecular complexity index is 935. The summed E-state index contributed by atoms with van der Waals surface area (Å²) in [4.78, 5) is 10.6. The van der Waals surface area contributed by atoms with Gasteiger partial charge in [0.15, 0.2) is 0 Å². The average Bonchev–Trinajstić information content (AvgIpc) is 3.54. The van der Waals surface area contributed by atoms with Crippen molar-refractivity contribution < 1.29 is 8.97 Å². The Hall–Kier alpha value is -0.740. The molecule has 0 unspecified atom stereocenters. The fourth-order valence-corrected chi connectivity index (χ4v) is 10.8. The molecule has 4 heteroatoms. The number of aliphatic imine (C=N–C) groups is 2. The lowest BCUT2D eigenvalue weighted by molar-refractivity contribution is -0.923. The summed E-state index contributed by atoms with van der Waals surface area (Å²) in [5.41, 5.74) is 4.74. The summed E-state index contributed by atoms with van der Waals surface area (Å²) in [6.07, 6.45) is 17.9. The highest BCUT2D eigenvalue weighted by Crippen LogP contribution is 2.65. The normalized spacial score (nSPS) is 32.0. The Morgan fingerprint density at radius 1 is 0.511 bits per heavy atom. The fourth-order valence-electron chi connectivity index (χ4n) is 10.8. The predicted octanol–water partition coefficient (Wildman–Crippen LogP) is 10.0. The van der Waals surface area contributed by atoms with E-state index < -0.39 is 0 Å². The van der Waals surface area contributed by atoms with Crippen molar-refractivity contribution in [3.63, 3.8) is 0 Å². The van der Waals surface area contributed by atoms with Gasteiger partial charge in [0, 0.05) is 22.3 Å². The van der Waals surface area contributed by atoms with Gasteiger partial charge >= 0.3 is 0 Å². The van der Waals surface area contributed by atoms with Crippen molar-refractivity contribution in [2.24, 2.45) is 43.5 Å². The molecule has 0 saturated heterocycles. The molecule has 4 aliphatic rings. The summed E-state index contributed by atoms with van der Waals surface area (Å²) in [5.74, 6) is 1.73. The molecular formula is C41H78N4+2. The van der Waals surface area contributed by atoms with Crippen molar-refractivity contribution >= 4 is 11.4 Å². The first kappa shape index (κ1) is 37.1. The van der Waals surface area contributed by atoms with E-state index in [0.29, 0.717) is 21.7 Å². The summed E-state index contributed by atoms with van der Waals surface area (Å²) in [5, 5.41) is 0. The minimum absolute atomic E-state index is 0.360. The van der Waals surface area contributed by atoms with Crippen molar-refractivity contribution in [3.05, 3.63) is 0 Å². The van der Waals surface area contributed by atoms with Crippen LogP contribution in [-0.4, -0.2) is 85.8 Å². The zero-order valence-corrected chi connectivity index (χ0v) is 32.2. The van der Waals surface area contributed by atoms with E-state index in [0.717, 1.165) is 24.9 Å². The molecule has 0 heterocycles. The van der Waals surface area contributed by atoms with Gasteiger partial charge in [0.25, 0.3) is 0 Å². The first-order valence-electron chi connectivity index (χ1n) is 20.1. The minimum Gasteiger partial charge on any atom is -0.323 e. The summed E-state index contributed by atoms with van der Waals surface area (Å²) < 4.78 is 2.52. The highest BCUT2D eigenvalue weighted by atomic mass is 15.4. The van der Waals surface area contributed by atoms with Crippen molar-refractivity contribution in [1.82, 2.24) is 0 Å². The lowest BCUT2D eigenvalue weighted by Crippen LogP contribution is -2.50. The minimum atomic E-state index is 0.360. The molecule has 4 atom stereocenters. The molecule has 0 amide bonds. The number of fused-ring (bicyclic) bond motifs is 4. The summed E-state index contributed by atoms with van der Waals surface area (Å²) in [6.45, 7) is 37.0. The van der Waals surface area contributed by atoms with Crippen molar-refractivity contribution in [3.8, 4) is 0 Å². The lowest BCUT2D eigenvalue weighted by Gasteiger charge is -2.37. The lowest BCUT2D eigenvalue weighted by atomic mass is 9.70. The van der Waals surface area contributed by atoms with Crippen LogP contribution in [-0.2, 0) is 0 Å². The maximum Gasteiger partial charge on any atom is 0.0985 e. The van der Waals surface area contributed by atoms with Gasteiger partial charge in [-0.25, -0.2) is 0 Å². The van der Waals surface area contributed by atoms with E-state index in [4.69, 9.17) is 9.98 Å². The molecule has 4 fully saturated rings. The van der Waals surface area contributed by atoms with Gasteiger partial charge in [0.05, 0.1) is 65.4 Å². The molecule has 45 heavy (non-hydrogen) atoms. The number of likely N-dealkylation sites (N-methyl/N-ethyl adjacent to an activating group) is 2. The quantitative estimate of drug-likeness (QED) is 0.0949. The van der Waals surface area contributed by atoms with Crippen LogP contribution in [0, 0.1) is 33.5 Å². The van der Waals surface area contributed by atoms with E-state index in [1.54, 1.807) is 11.4 Å². The summed E-state index contributed by atoms with van der Waals surface area (Å²) in [6, 6.07) is 0. The van der Waals surface area contributed by atoms with Crippen LogP contribution in [0.15, 0.2) is 9.98 Å². The van der Waals surface area contributed by atoms with Crippen molar-refractivity contribution in [1.29, 1.82) is 0 Å². The molecule has 0 N–H and O–H groups in total. The topological polar surface area (TPSA) is 24.7 Å². The van der Waals surface area contributed by atoms with Gasteiger partial charge in [-0.3, -0.25) is 9.98 Å². The highest BCUT2D eigenvalue weighted by Gasteiger charge is 2.60. The highest BCUT2D eigenvalue weighted by molar-refractivity contribution is 5.94. The largest absolute Gasteiger partial charge is 0.323 e. The van der Waals surface area contributed by atoms with E-state index in [1.165, 1.54) is 145 Å². The Morgan fingerprint density at radius 3 is 1.11 bits per heavy atom. The van der Waals surface area contributed by atoms with Gasteiger partial charge in [-0.05, 0) is 115 Å². The first-order valence-corrected chi connectivity index (χ1v) is 20.1. The molecule has 4 aliphatic carbocycles. The van der Waals surface area contributed by atoms with Gasteiger partial charge < -0.3 is 8.97 Å². The maximum atomic E-state index is 5.31. The Kier molecular flexibility index (Phi) is 12.2. The molecule has 0 aromatic heterocycles. The average molecular weight is 627 g/mol. The monoisotopic (exact) mass is 627 g/mol. The zero-order valence-electron chi connectivity index (χ0n) is 32.2. The van der Waals surface area contributed by atoms with Crippen LogP contribution in [0.4, 0.5) is 0 Å². The molecule has 0 aromatic rings. The number of unbranched alkanes of at least 4 members (excludes halogenated alkanes) is 6. The summed E-state index contributed by atoms with van der Waals surface area (Å²) >= 11 is 0. The van der Waals surface area contributed by atoms with E-state index in [9.17, 15) is 0 Å². The number of rotatable bonds is 20. The van der Waals surface area contributed by atoms with Crippen LogP contribution >= 0.6 is 0 Å².